The molecule has 0 fully saturated rings. The van der Waals surface area contributed by atoms with Crippen LogP contribution in [0.1, 0.15) is 18.4 Å². The fraction of sp³-hybridized carbons (Fsp3) is 0.455. The Morgan fingerprint density at radius 3 is 2.79 bits per heavy atom. The maximum absolute atomic E-state index is 8.61. The van der Waals surface area contributed by atoms with Crippen LogP contribution < -0.4 is 5.32 Å². The van der Waals surface area contributed by atoms with Gasteiger partial charge in [-0.25, -0.2) is 0 Å². The van der Waals surface area contributed by atoms with E-state index in [4.69, 9.17) is 5.11 Å². The Balaban J connectivity index is 2.39. The van der Waals surface area contributed by atoms with Gasteiger partial charge in [-0.15, -0.1) is 0 Å². The molecular formula is C11H16BrNO. The largest absolute Gasteiger partial charge is 0.396 e. The molecule has 1 rings (SSSR count). The molecule has 0 aliphatic carbocycles. The first-order valence-corrected chi connectivity index (χ1v) is 5.64. The van der Waals surface area contributed by atoms with E-state index in [0.717, 1.165) is 29.5 Å². The van der Waals surface area contributed by atoms with Crippen LogP contribution in [-0.2, 0) is 0 Å². The van der Waals surface area contributed by atoms with Crippen molar-refractivity contribution in [1.29, 1.82) is 0 Å². The predicted molar refractivity (Wildman–Crippen MR) is 63.7 cm³/mol. The van der Waals surface area contributed by atoms with Gasteiger partial charge in [0.1, 0.15) is 0 Å². The standard InChI is InChI=1S/C11H16BrNO/c1-9-8-10(4-5-11(9)12)13-6-2-3-7-14/h4-5,8,13-14H,2-3,6-7H2,1H3. The third-order valence-electron chi connectivity index (χ3n) is 2.07. The summed E-state index contributed by atoms with van der Waals surface area (Å²) in [7, 11) is 0. The highest BCUT2D eigenvalue weighted by Crippen LogP contribution is 2.19. The number of aryl methyl sites for hydroxylation is 1. The van der Waals surface area contributed by atoms with Crippen LogP contribution in [-0.4, -0.2) is 18.3 Å². The lowest BCUT2D eigenvalue weighted by Crippen LogP contribution is -2.02. The number of hydrogen-bond donors (Lipinski definition) is 2. The number of unbranched alkanes of at least 4 members (excludes halogenated alkanes) is 1. The smallest absolute Gasteiger partial charge is 0.0431 e. The molecule has 1 aromatic rings. The quantitative estimate of drug-likeness (QED) is 0.796. The van der Waals surface area contributed by atoms with Crippen molar-refractivity contribution in [2.75, 3.05) is 18.5 Å². The van der Waals surface area contributed by atoms with Gasteiger partial charge in [0.15, 0.2) is 0 Å². The maximum atomic E-state index is 8.61. The Bertz CT molecular complexity index is 289. The van der Waals surface area contributed by atoms with Crippen LogP contribution in [0.3, 0.4) is 0 Å². The minimum Gasteiger partial charge on any atom is -0.396 e. The fourth-order valence-electron chi connectivity index (χ4n) is 1.22. The molecule has 0 unspecified atom stereocenters. The normalized spacial score (nSPS) is 10.2. The summed E-state index contributed by atoms with van der Waals surface area (Å²) in [6.45, 7) is 3.27. The molecule has 0 radical (unpaired) electrons. The van der Waals surface area contributed by atoms with Gasteiger partial charge in [-0.3, -0.25) is 0 Å². The van der Waals surface area contributed by atoms with Gasteiger partial charge < -0.3 is 10.4 Å². The van der Waals surface area contributed by atoms with Crippen molar-refractivity contribution in [2.24, 2.45) is 0 Å². The minimum atomic E-state index is 0.279. The second-order valence-corrected chi connectivity index (χ2v) is 4.18. The lowest BCUT2D eigenvalue weighted by molar-refractivity contribution is 0.286. The molecule has 0 saturated heterocycles. The van der Waals surface area contributed by atoms with Gasteiger partial charge in [0.2, 0.25) is 0 Å². The van der Waals surface area contributed by atoms with E-state index in [-0.39, 0.29) is 6.61 Å². The molecule has 0 spiro atoms. The molecule has 14 heavy (non-hydrogen) atoms. The molecule has 0 aliphatic heterocycles. The number of halogens is 1. The Kier molecular flexibility index (Phi) is 4.98. The molecule has 0 amide bonds. The van der Waals surface area contributed by atoms with Crippen molar-refractivity contribution >= 4 is 21.6 Å². The predicted octanol–water partition coefficient (Wildman–Crippen LogP) is 2.94. The third kappa shape index (κ3) is 3.68. The summed E-state index contributed by atoms with van der Waals surface area (Å²) in [5, 5.41) is 11.9. The van der Waals surface area contributed by atoms with Crippen molar-refractivity contribution in [2.45, 2.75) is 19.8 Å². The monoisotopic (exact) mass is 257 g/mol. The van der Waals surface area contributed by atoms with E-state index in [1.54, 1.807) is 0 Å². The van der Waals surface area contributed by atoms with E-state index in [1.165, 1.54) is 5.56 Å². The van der Waals surface area contributed by atoms with Crippen LogP contribution in [0.2, 0.25) is 0 Å². The van der Waals surface area contributed by atoms with E-state index in [2.05, 4.69) is 40.3 Å². The van der Waals surface area contributed by atoms with E-state index < -0.39 is 0 Å². The van der Waals surface area contributed by atoms with Gasteiger partial charge in [-0.2, -0.15) is 0 Å². The number of nitrogens with one attached hydrogen (secondary N) is 1. The average Bonchev–Trinajstić information content (AvgIpc) is 2.18. The summed E-state index contributed by atoms with van der Waals surface area (Å²) in [5.41, 5.74) is 2.38. The molecule has 2 N–H and O–H groups in total. The topological polar surface area (TPSA) is 32.3 Å². The molecule has 0 heterocycles. The fourth-order valence-corrected chi connectivity index (χ4v) is 1.47. The molecule has 0 saturated carbocycles. The van der Waals surface area contributed by atoms with Crippen molar-refractivity contribution in [3.05, 3.63) is 28.2 Å². The van der Waals surface area contributed by atoms with Crippen LogP contribution in [0.15, 0.2) is 22.7 Å². The zero-order valence-corrected chi connectivity index (χ0v) is 9.97. The lowest BCUT2D eigenvalue weighted by Gasteiger charge is -2.07. The van der Waals surface area contributed by atoms with Crippen LogP contribution in [0.5, 0.6) is 0 Å². The zero-order chi connectivity index (χ0) is 10.4. The number of anilines is 1. The summed E-state index contributed by atoms with van der Waals surface area (Å²) < 4.78 is 1.14. The van der Waals surface area contributed by atoms with Gasteiger partial charge in [-0.05, 0) is 43.5 Å². The highest BCUT2D eigenvalue weighted by molar-refractivity contribution is 9.10. The zero-order valence-electron chi connectivity index (χ0n) is 8.39. The van der Waals surface area contributed by atoms with Crippen molar-refractivity contribution < 1.29 is 5.11 Å². The first-order valence-electron chi connectivity index (χ1n) is 4.85. The molecule has 3 heteroatoms. The van der Waals surface area contributed by atoms with E-state index >= 15 is 0 Å². The average molecular weight is 258 g/mol. The van der Waals surface area contributed by atoms with Gasteiger partial charge in [0, 0.05) is 23.3 Å². The highest BCUT2D eigenvalue weighted by atomic mass is 79.9. The Labute approximate surface area is 93.5 Å². The molecule has 0 aliphatic rings. The van der Waals surface area contributed by atoms with Crippen molar-refractivity contribution in [3.8, 4) is 0 Å². The van der Waals surface area contributed by atoms with Crippen LogP contribution >= 0.6 is 15.9 Å². The summed E-state index contributed by atoms with van der Waals surface area (Å²) >= 11 is 3.46. The van der Waals surface area contributed by atoms with Crippen LogP contribution in [0.4, 0.5) is 5.69 Å². The molecule has 0 bridgehead atoms. The first-order chi connectivity index (χ1) is 6.74. The van der Waals surface area contributed by atoms with Gasteiger partial charge in [0.05, 0.1) is 0 Å². The molecular weight excluding hydrogens is 242 g/mol. The summed E-state index contributed by atoms with van der Waals surface area (Å²) in [6.07, 6.45) is 1.87. The molecule has 0 atom stereocenters. The van der Waals surface area contributed by atoms with Gasteiger partial charge in [-0.1, -0.05) is 15.9 Å². The maximum Gasteiger partial charge on any atom is 0.0431 e. The van der Waals surface area contributed by atoms with Crippen molar-refractivity contribution in [3.63, 3.8) is 0 Å². The molecule has 1 aromatic carbocycles. The minimum absolute atomic E-state index is 0.279. The Morgan fingerprint density at radius 2 is 2.14 bits per heavy atom. The molecule has 78 valence electrons. The lowest BCUT2D eigenvalue weighted by atomic mass is 10.2. The third-order valence-corrected chi connectivity index (χ3v) is 2.96. The number of benzene rings is 1. The first kappa shape index (κ1) is 11.5. The second-order valence-electron chi connectivity index (χ2n) is 3.32. The van der Waals surface area contributed by atoms with Gasteiger partial charge in [0.25, 0.3) is 0 Å². The SMILES string of the molecule is Cc1cc(NCCCCO)ccc1Br. The molecule has 0 aromatic heterocycles. The highest BCUT2D eigenvalue weighted by Gasteiger charge is 1.96. The molecule has 2 nitrogen and oxygen atoms in total. The van der Waals surface area contributed by atoms with E-state index in [0.29, 0.717) is 0 Å². The van der Waals surface area contributed by atoms with Crippen LogP contribution in [0, 0.1) is 6.92 Å². The summed E-state index contributed by atoms with van der Waals surface area (Å²) in [4.78, 5) is 0. The second kappa shape index (κ2) is 6.04. The number of rotatable bonds is 5. The number of aliphatic hydroxyl groups is 1. The Hall–Kier alpha value is -0.540. The number of aliphatic hydroxyl groups excluding tert-OH is 1. The van der Waals surface area contributed by atoms with E-state index in [9.17, 15) is 0 Å². The van der Waals surface area contributed by atoms with E-state index in [1.807, 2.05) is 6.07 Å². The summed E-state index contributed by atoms with van der Waals surface area (Å²) in [5.74, 6) is 0. The van der Waals surface area contributed by atoms with Crippen LogP contribution in [0.25, 0.3) is 0 Å². The Morgan fingerprint density at radius 1 is 1.36 bits per heavy atom. The van der Waals surface area contributed by atoms with Crippen molar-refractivity contribution in [1.82, 2.24) is 0 Å². The number of hydrogen-bond acceptors (Lipinski definition) is 2. The summed E-state index contributed by atoms with van der Waals surface area (Å²) in [6, 6.07) is 6.21. The van der Waals surface area contributed by atoms with Gasteiger partial charge >= 0.3 is 0 Å².